The van der Waals surface area contributed by atoms with Gasteiger partial charge in [-0.2, -0.15) is 0 Å². The van der Waals surface area contributed by atoms with Crippen LogP contribution in [0.2, 0.25) is 0 Å². The number of urea groups is 1. The summed E-state index contributed by atoms with van der Waals surface area (Å²) in [6.45, 7) is 4.00. The average Bonchev–Trinajstić information content (AvgIpc) is 2.62. The number of primary amides is 1. The summed E-state index contributed by atoms with van der Waals surface area (Å²) in [7, 11) is 0. The van der Waals surface area contributed by atoms with E-state index < -0.39 is 23.3 Å². The van der Waals surface area contributed by atoms with Gasteiger partial charge in [-0.05, 0) is 20.3 Å². The first-order valence-electron chi connectivity index (χ1n) is 5.79. The molecule has 1 unspecified atom stereocenters. The molecule has 7 nitrogen and oxygen atoms in total. The number of likely N-dealkylation sites (tertiary alicyclic amines) is 1. The Bertz CT molecular complexity index is 367. The zero-order chi connectivity index (χ0) is 13.9. The Labute approximate surface area is 105 Å². The standard InChI is InChI=1S/C11H19N3O4/c1-11(2,5-8(12)15)13-10(18)14-4-3-7(6-14)9(16)17/h7H,3-6H2,1-2H3,(H2,12,15)(H,13,18)(H,16,17). The fraction of sp³-hybridized carbons (Fsp3) is 0.727. The van der Waals surface area contributed by atoms with Crippen LogP contribution < -0.4 is 11.1 Å². The minimum atomic E-state index is -0.887. The molecular formula is C11H19N3O4. The van der Waals surface area contributed by atoms with E-state index in [0.29, 0.717) is 13.0 Å². The van der Waals surface area contributed by atoms with Gasteiger partial charge in [-0.25, -0.2) is 4.79 Å². The van der Waals surface area contributed by atoms with Crippen molar-refractivity contribution in [2.75, 3.05) is 13.1 Å². The van der Waals surface area contributed by atoms with E-state index in [1.165, 1.54) is 4.90 Å². The first kappa shape index (κ1) is 14.3. The topological polar surface area (TPSA) is 113 Å². The van der Waals surface area contributed by atoms with Gasteiger partial charge in [0.25, 0.3) is 0 Å². The minimum absolute atomic E-state index is 0.0366. The van der Waals surface area contributed by atoms with Crippen molar-refractivity contribution in [3.63, 3.8) is 0 Å². The van der Waals surface area contributed by atoms with Gasteiger partial charge in [0.05, 0.1) is 5.92 Å². The highest BCUT2D eigenvalue weighted by atomic mass is 16.4. The maximum absolute atomic E-state index is 11.9. The van der Waals surface area contributed by atoms with Crippen molar-refractivity contribution in [1.29, 1.82) is 0 Å². The van der Waals surface area contributed by atoms with Gasteiger partial charge in [-0.15, -0.1) is 0 Å². The SMILES string of the molecule is CC(C)(CC(N)=O)NC(=O)N1CCC(C(=O)O)C1. The van der Waals surface area contributed by atoms with Crippen LogP contribution in [-0.2, 0) is 9.59 Å². The summed E-state index contributed by atoms with van der Waals surface area (Å²) >= 11 is 0. The van der Waals surface area contributed by atoms with Crippen molar-refractivity contribution in [1.82, 2.24) is 10.2 Å². The van der Waals surface area contributed by atoms with E-state index in [9.17, 15) is 14.4 Å². The number of hydrogen-bond donors (Lipinski definition) is 3. The maximum atomic E-state index is 11.9. The Hall–Kier alpha value is -1.79. The van der Waals surface area contributed by atoms with Crippen molar-refractivity contribution in [2.45, 2.75) is 32.2 Å². The summed E-state index contributed by atoms with van der Waals surface area (Å²) in [5.74, 6) is -1.89. The molecule has 0 aromatic carbocycles. The zero-order valence-electron chi connectivity index (χ0n) is 10.6. The molecule has 0 aromatic heterocycles. The van der Waals surface area contributed by atoms with E-state index >= 15 is 0 Å². The molecule has 0 spiro atoms. The number of carboxylic acid groups (broad SMARTS) is 1. The predicted molar refractivity (Wildman–Crippen MR) is 63.7 cm³/mol. The van der Waals surface area contributed by atoms with Crippen molar-refractivity contribution in [3.05, 3.63) is 0 Å². The second-order valence-corrected chi connectivity index (χ2v) is 5.23. The van der Waals surface area contributed by atoms with Gasteiger partial charge in [0.2, 0.25) is 5.91 Å². The third-order valence-corrected chi connectivity index (χ3v) is 2.89. The summed E-state index contributed by atoms with van der Waals surface area (Å²) in [5, 5.41) is 11.5. The Balaban J connectivity index is 2.52. The van der Waals surface area contributed by atoms with Crippen LogP contribution in [0.1, 0.15) is 26.7 Å². The van der Waals surface area contributed by atoms with Crippen LogP contribution >= 0.6 is 0 Å². The summed E-state index contributed by atoms with van der Waals surface area (Å²) in [5.41, 5.74) is 4.36. The number of rotatable bonds is 4. The molecule has 0 bridgehead atoms. The Morgan fingerprint density at radius 2 is 2.06 bits per heavy atom. The van der Waals surface area contributed by atoms with Crippen LogP contribution in [0.3, 0.4) is 0 Å². The van der Waals surface area contributed by atoms with E-state index in [4.69, 9.17) is 10.8 Å². The summed E-state index contributed by atoms with van der Waals surface area (Å²) in [6, 6.07) is -0.356. The van der Waals surface area contributed by atoms with Crippen LogP contribution in [0, 0.1) is 5.92 Å². The van der Waals surface area contributed by atoms with Gasteiger partial charge in [0, 0.05) is 25.0 Å². The second kappa shape index (κ2) is 5.24. The quantitative estimate of drug-likeness (QED) is 0.644. The fourth-order valence-corrected chi connectivity index (χ4v) is 1.99. The number of carboxylic acids is 1. The van der Waals surface area contributed by atoms with E-state index in [0.717, 1.165) is 0 Å². The number of nitrogens with two attached hydrogens (primary N) is 1. The third kappa shape index (κ3) is 3.90. The van der Waals surface area contributed by atoms with Gasteiger partial charge >= 0.3 is 12.0 Å². The second-order valence-electron chi connectivity index (χ2n) is 5.23. The largest absolute Gasteiger partial charge is 0.481 e. The van der Waals surface area contributed by atoms with E-state index in [-0.39, 0.29) is 19.0 Å². The Kier molecular flexibility index (Phi) is 4.15. The first-order valence-corrected chi connectivity index (χ1v) is 5.79. The molecule has 1 fully saturated rings. The lowest BCUT2D eigenvalue weighted by atomic mass is 10.0. The average molecular weight is 257 g/mol. The molecule has 1 heterocycles. The van der Waals surface area contributed by atoms with Crippen LogP contribution in [0.4, 0.5) is 4.79 Å². The number of carbonyl (C=O) groups is 3. The fourth-order valence-electron chi connectivity index (χ4n) is 1.99. The molecule has 1 aliphatic rings. The third-order valence-electron chi connectivity index (χ3n) is 2.89. The van der Waals surface area contributed by atoms with Crippen LogP contribution in [-0.4, -0.2) is 46.5 Å². The van der Waals surface area contributed by atoms with Crippen LogP contribution in [0.15, 0.2) is 0 Å². The molecule has 3 amide bonds. The highest BCUT2D eigenvalue weighted by molar-refractivity contribution is 5.80. The molecule has 7 heteroatoms. The normalized spacial score (nSPS) is 19.7. The van der Waals surface area contributed by atoms with Crippen LogP contribution in [0.5, 0.6) is 0 Å². The molecule has 18 heavy (non-hydrogen) atoms. The summed E-state index contributed by atoms with van der Waals surface area (Å²) in [4.78, 5) is 34.9. The van der Waals surface area contributed by atoms with Gasteiger partial charge in [-0.3, -0.25) is 9.59 Å². The molecular weight excluding hydrogens is 238 g/mol. The zero-order valence-corrected chi connectivity index (χ0v) is 10.6. The number of amides is 3. The van der Waals surface area contributed by atoms with Crippen LogP contribution in [0.25, 0.3) is 0 Å². The molecule has 102 valence electrons. The van der Waals surface area contributed by atoms with Gasteiger partial charge in [0.15, 0.2) is 0 Å². The highest BCUT2D eigenvalue weighted by Gasteiger charge is 2.33. The predicted octanol–water partition coefficient (Wildman–Crippen LogP) is -0.243. The summed E-state index contributed by atoms with van der Waals surface area (Å²) in [6.07, 6.45) is 0.494. The number of carbonyl (C=O) groups excluding carboxylic acids is 2. The van der Waals surface area contributed by atoms with Gasteiger partial charge in [-0.1, -0.05) is 0 Å². The molecule has 0 radical (unpaired) electrons. The molecule has 4 N–H and O–H groups in total. The number of aliphatic carboxylic acids is 1. The maximum Gasteiger partial charge on any atom is 0.317 e. The van der Waals surface area contributed by atoms with Crippen molar-refractivity contribution in [3.8, 4) is 0 Å². The minimum Gasteiger partial charge on any atom is -0.481 e. The van der Waals surface area contributed by atoms with E-state index in [1.807, 2.05) is 0 Å². The Morgan fingerprint density at radius 1 is 1.44 bits per heavy atom. The van der Waals surface area contributed by atoms with Gasteiger partial charge in [0.1, 0.15) is 0 Å². The molecule has 1 aliphatic heterocycles. The summed E-state index contributed by atoms with van der Waals surface area (Å²) < 4.78 is 0. The van der Waals surface area contributed by atoms with Gasteiger partial charge < -0.3 is 21.1 Å². The smallest absolute Gasteiger partial charge is 0.317 e. The van der Waals surface area contributed by atoms with Crippen molar-refractivity contribution < 1.29 is 19.5 Å². The highest BCUT2D eigenvalue weighted by Crippen LogP contribution is 2.17. The molecule has 1 rings (SSSR count). The molecule has 1 atom stereocenters. The van der Waals surface area contributed by atoms with E-state index in [1.54, 1.807) is 13.8 Å². The lowest BCUT2D eigenvalue weighted by Crippen LogP contribution is -2.51. The number of nitrogens with zero attached hydrogens (tertiary/aromatic N) is 1. The molecule has 0 aliphatic carbocycles. The van der Waals surface area contributed by atoms with E-state index in [2.05, 4.69) is 5.32 Å². The lowest BCUT2D eigenvalue weighted by molar-refractivity contribution is -0.141. The number of nitrogens with one attached hydrogen (secondary N) is 1. The molecule has 1 saturated heterocycles. The Morgan fingerprint density at radius 3 is 2.50 bits per heavy atom. The monoisotopic (exact) mass is 257 g/mol. The lowest BCUT2D eigenvalue weighted by Gasteiger charge is -2.28. The molecule has 0 aromatic rings. The van der Waals surface area contributed by atoms with Crippen molar-refractivity contribution >= 4 is 17.9 Å². The van der Waals surface area contributed by atoms with Crippen molar-refractivity contribution in [2.24, 2.45) is 11.7 Å². The number of hydrogen-bond acceptors (Lipinski definition) is 3. The first-order chi connectivity index (χ1) is 8.21. The molecule has 0 saturated carbocycles.